The molecule has 1 aliphatic carbocycles. The van der Waals surface area contributed by atoms with Crippen molar-refractivity contribution in [1.82, 2.24) is 15.1 Å². The Morgan fingerprint density at radius 2 is 2.41 bits per heavy atom. The van der Waals surface area contributed by atoms with Crippen molar-refractivity contribution in [2.24, 2.45) is 5.41 Å². The maximum absolute atomic E-state index is 12.7. The molecule has 1 saturated carbocycles. The average molecular weight is 307 g/mol. The van der Waals surface area contributed by atoms with Crippen LogP contribution in [0.4, 0.5) is 0 Å². The van der Waals surface area contributed by atoms with Crippen LogP contribution in [0.5, 0.6) is 0 Å². The van der Waals surface area contributed by atoms with E-state index in [1.807, 2.05) is 11.0 Å². The molecule has 0 radical (unpaired) electrons. The number of H-pyrrole nitrogens is 1. The predicted molar refractivity (Wildman–Crippen MR) is 81.7 cm³/mol. The second-order valence-corrected chi connectivity index (χ2v) is 6.71. The first kappa shape index (κ1) is 15.5. The summed E-state index contributed by atoms with van der Waals surface area (Å²) in [5.41, 5.74) is 1.34. The maximum Gasteiger partial charge on any atom is 0.274 e. The van der Waals surface area contributed by atoms with E-state index in [0.29, 0.717) is 24.8 Å². The molecule has 6 heteroatoms. The van der Waals surface area contributed by atoms with E-state index >= 15 is 0 Å². The highest BCUT2D eigenvalue weighted by atomic mass is 16.5. The van der Waals surface area contributed by atoms with Crippen LogP contribution in [0.15, 0.2) is 6.07 Å². The lowest BCUT2D eigenvalue weighted by Crippen LogP contribution is -2.48. The second kappa shape index (κ2) is 6.38. The van der Waals surface area contributed by atoms with Gasteiger partial charge in [0.1, 0.15) is 5.69 Å². The quantitative estimate of drug-likeness (QED) is 0.835. The molecule has 122 valence electrons. The van der Waals surface area contributed by atoms with Crippen LogP contribution in [0.3, 0.4) is 0 Å². The standard InChI is InChI=1S/C16H25N3O3/c1-22-8-6-16(11-20)5-2-7-19(10-16)15(21)14-9-13(17-18-14)12-3-4-12/h9,12,20H,2-8,10-11H2,1H3,(H,17,18)/t16-/m0/s1. The Balaban J connectivity index is 1.68. The number of aromatic amines is 1. The van der Waals surface area contributed by atoms with Crippen LogP contribution in [0, 0.1) is 5.41 Å². The van der Waals surface area contributed by atoms with Gasteiger partial charge < -0.3 is 14.7 Å². The molecule has 2 fully saturated rings. The predicted octanol–water partition coefficient (Wildman–Crippen LogP) is 1.54. The summed E-state index contributed by atoms with van der Waals surface area (Å²) in [7, 11) is 1.67. The fourth-order valence-corrected chi connectivity index (χ4v) is 3.32. The van der Waals surface area contributed by atoms with E-state index in [2.05, 4.69) is 10.2 Å². The number of hydrogen-bond acceptors (Lipinski definition) is 4. The topological polar surface area (TPSA) is 78.5 Å². The lowest BCUT2D eigenvalue weighted by atomic mass is 9.78. The zero-order valence-corrected chi connectivity index (χ0v) is 13.2. The Bertz CT molecular complexity index is 526. The van der Waals surface area contributed by atoms with E-state index in [1.165, 1.54) is 12.8 Å². The Morgan fingerprint density at radius 1 is 1.59 bits per heavy atom. The third kappa shape index (κ3) is 3.17. The fraction of sp³-hybridized carbons (Fsp3) is 0.750. The first-order valence-corrected chi connectivity index (χ1v) is 8.12. The minimum absolute atomic E-state index is 0.0295. The average Bonchev–Trinajstić information content (AvgIpc) is 3.30. The lowest BCUT2D eigenvalue weighted by molar-refractivity contribution is 0.00873. The van der Waals surface area contributed by atoms with Crippen molar-refractivity contribution in [3.8, 4) is 0 Å². The van der Waals surface area contributed by atoms with Gasteiger partial charge in [0.25, 0.3) is 5.91 Å². The summed E-state index contributed by atoms with van der Waals surface area (Å²) in [5, 5.41) is 17.0. The number of aliphatic hydroxyl groups excluding tert-OH is 1. The smallest absolute Gasteiger partial charge is 0.274 e. The van der Waals surface area contributed by atoms with E-state index in [-0.39, 0.29) is 17.9 Å². The number of nitrogens with one attached hydrogen (secondary N) is 1. The van der Waals surface area contributed by atoms with Crippen LogP contribution < -0.4 is 0 Å². The minimum atomic E-state index is -0.237. The van der Waals surface area contributed by atoms with Gasteiger partial charge in [0.05, 0.1) is 6.61 Å². The van der Waals surface area contributed by atoms with Crippen molar-refractivity contribution in [3.63, 3.8) is 0 Å². The molecule has 22 heavy (non-hydrogen) atoms. The van der Waals surface area contributed by atoms with E-state index in [9.17, 15) is 9.90 Å². The van der Waals surface area contributed by atoms with Gasteiger partial charge in [0.15, 0.2) is 0 Å². The third-order valence-electron chi connectivity index (χ3n) is 4.95. The number of carbonyl (C=O) groups excluding carboxylic acids is 1. The summed E-state index contributed by atoms with van der Waals surface area (Å²) in [6, 6.07) is 1.89. The Kier molecular flexibility index (Phi) is 4.49. The first-order chi connectivity index (χ1) is 10.7. The van der Waals surface area contributed by atoms with E-state index in [4.69, 9.17) is 4.74 Å². The highest BCUT2D eigenvalue weighted by molar-refractivity contribution is 5.92. The summed E-state index contributed by atoms with van der Waals surface area (Å²) < 4.78 is 5.16. The van der Waals surface area contributed by atoms with Gasteiger partial charge in [-0.3, -0.25) is 9.89 Å². The summed E-state index contributed by atoms with van der Waals surface area (Å²) in [6.45, 7) is 2.02. The Hall–Kier alpha value is -1.40. The molecule has 1 atom stereocenters. The number of hydrogen-bond donors (Lipinski definition) is 2. The molecule has 0 aromatic carbocycles. The van der Waals surface area contributed by atoms with Gasteiger partial charge in [-0.15, -0.1) is 0 Å². The van der Waals surface area contributed by atoms with Gasteiger partial charge in [-0.1, -0.05) is 0 Å². The van der Waals surface area contributed by atoms with E-state index in [0.717, 1.165) is 31.5 Å². The zero-order valence-electron chi connectivity index (χ0n) is 13.2. The molecule has 6 nitrogen and oxygen atoms in total. The fourth-order valence-electron chi connectivity index (χ4n) is 3.32. The van der Waals surface area contributed by atoms with Crippen molar-refractivity contribution in [2.45, 2.75) is 38.0 Å². The van der Waals surface area contributed by atoms with Crippen LogP contribution in [0.25, 0.3) is 0 Å². The van der Waals surface area contributed by atoms with Crippen LogP contribution >= 0.6 is 0 Å². The molecule has 2 N–H and O–H groups in total. The number of aromatic nitrogens is 2. The van der Waals surface area contributed by atoms with Gasteiger partial charge in [-0.25, -0.2) is 0 Å². The number of methoxy groups -OCH3 is 1. The van der Waals surface area contributed by atoms with Crippen LogP contribution in [-0.2, 0) is 4.74 Å². The van der Waals surface area contributed by atoms with E-state index < -0.39 is 0 Å². The monoisotopic (exact) mass is 307 g/mol. The number of piperidine rings is 1. The molecule has 0 bridgehead atoms. The highest BCUT2D eigenvalue weighted by Crippen LogP contribution is 2.39. The number of rotatable bonds is 6. The molecule has 2 heterocycles. The summed E-state index contributed by atoms with van der Waals surface area (Å²) in [4.78, 5) is 14.5. The van der Waals surface area contributed by atoms with Gasteiger partial charge >= 0.3 is 0 Å². The van der Waals surface area contributed by atoms with Crippen LogP contribution in [0.1, 0.15) is 54.2 Å². The van der Waals surface area contributed by atoms with Crippen molar-refractivity contribution in [3.05, 3.63) is 17.5 Å². The number of carbonyl (C=O) groups is 1. The molecule has 3 rings (SSSR count). The van der Waals surface area contributed by atoms with Crippen molar-refractivity contribution in [1.29, 1.82) is 0 Å². The molecular formula is C16H25N3O3. The van der Waals surface area contributed by atoms with Gasteiger partial charge in [-0.05, 0) is 38.2 Å². The van der Waals surface area contributed by atoms with Crippen molar-refractivity contribution >= 4 is 5.91 Å². The summed E-state index contributed by atoms with van der Waals surface area (Å²) in [6.07, 6.45) is 4.99. The molecule has 0 spiro atoms. The van der Waals surface area contributed by atoms with Gasteiger partial charge in [-0.2, -0.15) is 5.10 Å². The van der Waals surface area contributed by atoms with E-state index in [1.54, 1.807) is 7.11 Å². The Labute approximate surface area is 130 Å². The number of likely N-dealkylation sites (tertiary alicyclic amines) is 1. The molecule has 1 amide bonds. The molecule has 1 aromatic heterocycles. The minimum Gasteiger partial charge on any atom is -0.396 e. The Morgan fingerprint density at radius 3 is 3.09 bits per heavy atom. The van der Waals surface area contributed by atoms with Crippen LogP contribution in [-0.4, -0.2) is 59.5 Å². The van der Waals surface area contributed by atoms with Crippen LogP contribution in [0.2, 0.25) is 0 Å². The summed E-state index contributed by atoms with van der Waals surface area (Å²) >= 11 is 0. The largest absolute Gasteiger partial charge is 0.396 e. The first-order valence-electron chi connectivity index (χ1n) is 8.12. The van der Waals surface area contributed by atoms with Gasteiger partial charge in [0.2, 0.25) is 0 Å². The molecule has 0 unspecified atom stereocenters. The lowest BCUT2D eigenvalue weighted by Gasteiger charge is -2.41. The second-order valence-electron chi connectivity index (χ2n) is 6.71. The molecular weight excluding hydrogens is 282 g/mol. The van der Waals surface area contributed by atoms with Crippen molar-refractivity contribution < 1.29 is 14.6 Å². The third-order valence-corrected chi connectivity index (χ3v) is 4.95. The highest BCUT2D eigenvalue weighted by Gasteiger charge is 2.37. The molecule has 1 aromatic rings. The maximum atomic E-state index is 12.7. The van der Waals surface area contributed by atoms with Crippen molar-refractivity contribution in [2.75, 3.05) is 33.4 Å². The summed E-state index contributed by atoms with van der Waals surface area (Å²) in [5.74, 6) is 0.534. The number of amides is 1. The SMILES string of the molecule is COCC[C@@]1(CO)CCCN(C(=O)c2cc(C3CC3)[nH]n2)C1. The molecule has 2 aliphatic rings. The normalized spacial score (nSPS) is 25.5. The van der Waals surface area contributed by atoms with Gasteiger partial charge in [0, 0.05) is 43.8 Å². The number of aliphatic hydroxyl groups is 1. The zero-order chi connectivity index (χ0) is 15.6. The number of ether oxygens (including phenoxy) is 1. The number of nitrogens with zero attached hydrogens (tertiary/aromatic N) is 2. The molecule has 1 aliphatic heterocycles. The molecule has 1 saturated heterocycles.